The van der Waals surface area contributed by atoms with Crippen LogP contribution in [0.5, 0.6) is 0 Å². The van der Waals surface area contributed by atoms with Crippen LogP contribution in [0.1, 0.15) is 31.4 Å². The molecule has 0 saturated heterocycles. The largest absolute Gasteiger partial charge is 0.393 e. The number of hydrogen-bond acceptors (Lipinski definition) is 2. The van der Waals surface area contributed by atoms with Crippen LogP contribution in [-0.2, 0) is 0 Å². The molecule has 0 aromatic heterocycles. The lowest BCUT2D eigenvalue weighted by Crippen LogP contribution is -2.37. The van der Waals surface area contributed by atoms with Crippen molar-refractivity contribution >= 4 is 0 Å². The van der Waals surface area contributed by atoms with Crippen LogP contribution in [0.15, 0.2) is 18.2 Å². The van der Waals surface area contributed by atoms with E-state index in [2.05, 4.69) is 5.32 Å². The van der Waals surface area contributed by atoms with Crippen LogP contribution in [-0.4, -0.2) is 17.8 Å². The zero-order valence-electron chi connectivity index (χ0n) is 9.79. The Morgan fingerprint density at radius 2 is 1.94 bits per heavy atom. The Hall–Kier alpha value is -1.00. The predicted octanol–water partition coefficient (Wildman–Crippen LogP) is 2.39. The van der Waals surface area contributed by atoms with E-state index in [0.29, 0.717) is 12.5 Å². The fourth-order valence-electron chi connectivity index (χ4n) is 2.24. The summed E-state index contributed by atoms with van der Waals surface area (Å²) in [6, 6.07) is 3.55. The first kappa shape index (κ1) is 12.5. The molecular weight excluding hydrogens is 224 g/mol. The van der Waals surface area contributed by atoms with Crippen LogP contribution in [0, 0.1) is 17.6 Å². The Morgan fingerprint density at radius 3 is 2.47 bits per heavy atom. The van der Waals surface area contributed by atoms with Crippen LogP contribution in [0.3, 0.4) is 0 Å². The highest BCUT2D eigenvalue weighted by Crippen LogP contribution is 2.27. The molecule has 1 unspecified atom stereocenters. The summed E-state index contributed by atoms with van der Waals surface area (Å²) in [5.74, 6) is -0.612. The van der Waals surface area contributed by atoms with Crippen molar-refractivity contribution < 1.29 is 13.9 Å². The molecule has 1 aliphatic rings. The molecule has 4 heteroatoms. The maximum absolute atomic E-state index is 13.5. The molecule has 1 aliphatic carbocycles. The molecule has 2 N–H and O–H groups in total. The highest BCUT2D eigenvalue weighted by atomic mass is 19.1. The van der Waals surface area contributed by atoms with Gasteiger partial charge in [-0.05, 0) is 44.4 Å². The number of rotatable bonds is 4. The molecule has 1 atom stereocenters. The fraction of sp³-hybridized carbons (Fsp3) is 0.538. The van der Waals surface area contributed by atoms with E-state index in [0.717, 1.165) is 12.8 Å². The third kappa shape index (κ3) is 2.82. The highest BCUT2D eigenvalue weighted by Gasteiger charge is 2.27. The monoisotopic (exact) mass is 241 g/mol. The summed E-state index contributed by atoms with van der Waals surface area (Å²) in [6.45, 7) is 2.43. The molecule has 0 heterocycles. The molecule has 1 aromatic rings. The quantitative estimate of drug-likeness (QED) is 0.848. The third-order valence-corrected chi connectivity index (χ3v) is 3.36. The maximum atomic E-state index is 13.5. The number of nitrogens with one attached hydrogen (secondary N) is 1. The molecule has 17 heavy (non-hydrogen) atoms. The smallest absolute Gasteiger partial charge is 0.130 e. The van der Waals surface area contributed by atoms with Crippen LogP contribution in [0.4, 0.5) is 8.78 Å². The number of aliphatic hydroxyl groups excluding tert-OH is 1. The van der Waals surface area contributed by atoms with Gasteiger partial charge < -0.3 is 10.4 Å². The van der Waals surface area contributed by atoms with Gasteiger partial charge in [0.15, 0.2) is 0 Å². The number of hydrogen-bond donors (Lipinski definition) is 2. The Labute approximate surface area is 99.7 Å². The molecule has 2 nitrogen and oxygen atoms in total. The molecule has 1 aromatic carbocycles. The molecule has 0 bridgehead atoms. The molecule has 0 aliphatic heterocycles. The predicted molar refractivity (Wildman–Crippen MR) is 61.5 cm³/mol. The first-order chi connectivity index (χ1) is 8.08. The summed E-state index contributed by atoms with van der Waals surface area (Å²) in [7, 11) is 0. The van der Waals surface area contributed by atoms with Crippen LogP contribution in [0.2, 0.25) is 0 Å². The van der Waals surface area contributed by atoms with E-state index in [1.54, 1.807) is 6.92 Å². The second kappa shape index (κ2) is 5.10. The summed E-state index contributed by atoms with van der Waals surface area (Å²) >= 11 is 0. The van der Waals surface area contributed by atoms with E-state index in [4.69, 9.17) is 5.11 Å². The number of aliphatic hydroxyl groups is 1. The van der Waals surface area contributed by atoms with Crippen molar-refractivity contribution in [2.75, 3.05) is 6.54 Å². The average Bonchev–Trinajstić information content (AvgIpc) is 2.22. The highest BCUT2D eigenvalue weighted by molar-refractivity contribution is 5.22. The Bertz CT molecular complexity index is 371. The first-order valence-electron chi connectivity index (χ1n) is 5.93. The minimum Gasteiger partial charge on any atom is -0.393 e. The Kier molecular flexibility index (Phi) is 3.74. The summed E-state index contributed by atoms with van der Waals surface area (Å²) < 4.78 is 26.9. The number of benzene rings is 1. The van der Waals surface area contributed by atoms with E-state index in [9.17, 15) is 8.78 Å². The number of halogens is 2. The summed E-state index contributed by atoms with van der Waals surface area (Å²) in [5.41, 5.74) is 0.0902. The maximum Gasteiger partial charge on any atom is 0.130 e. The fourth-order valence-corrected chi connectivity index (χ4v) is 2.24. The van der Waals surface area contributed by atoms with Gasteiger partial charge in [0.25, 0.3) is 0 Å². The van der Waals surface area contributed by atoms with Gasteiger partial charge in [-0.25, -0.2) is 8.78 Å². The normalized spacial score (nSPS) is 25.4. The second-order valence-electron chi connectivity index (χ2n) is 4.76. The third-order valence-electron chi connectivity index (χ3n) is 3.36. The van der Waals surface area contributed by atoms with Gasteiger partial charge in [-0.15, -0.1) is 0 Å². The van der Waals surface area contributed by atoms with E-state index in [-0.39, 0.29) is 17.7 Å². The molecule has 0 amide bonds. The van der Waals surface area contributed by atoms with Gasteiger partial charge in [-0.3, -0.25) is 0 Å². The second-order valence-corrected chi connectivity index (χ2v) is 4.76. The van der Waals surface area contributed by atoms with Crippen LogP contribution in [0.25, 0.3) is 0 Å². The zero-order valence-corrected chi connectivity index (χ0v) is 9.79. The van der Waals surface area contributed by atoms with Gasteiger partial charge in [0.1, 0.15) is 11.6 Å². The Balaban J connectivity index is 1.92. The minimum absolute atomic E-state index is 0.0902. The van der Waals surface area contributed by atoms with Crippen molar-refractivity contribution in [3.63, 3.8) is 0 Å². The topological polar surface area (TPSA) is 32.3 Å². The van der Waals surface area contributed by atoms with Gasteiger partial charge >= 0.3 is 0 Å². The van der Waals surface area contributed by atoms with Crippen molar-refractivity contribution in [1.82, 2.24) is 5.32 Å². The van der Waals surface area contributed by atoms with E-state index < -0.39 is 11.6 Å². The summed E-state index contributed by atoms with van der Waals surface area (Å²) in [5, 5.41) is 12.3. The van der Waals surface area contributed by atoms with Crippen molar-refractivity contribution in [3.8, 4) is 0 Å². The molecule has 94 valence electrons. The van der Waals surface area contributed by atoms with Crippen molar-refractivity contribution in [2.45, 2.75) is 31.9 Å². The molecule has 1 saturated carbocycles. The van der Waals surface area contributed by atoms with Crippen LogP contribution < -0.4 is 5.32 Å². The lowest BCUT2D eigenvalue weighted by Gasteiger charge is -2.32. The molecule has 0 radical (unpaired) electrons. The first-order valence-corrected chi connectivity index (χ1v) is 5.93. The SMILES string of the molecule is CC(NCC1CC(O)C1)c1c(F)cccc1F. The molecule has 1 fully saturated rings. The van der Waals surface area contributed by atoms with Gasteiger partial charge in [0.05, 0.1) is 6.10 Å². The van der Waals surface area contributed by atoms with Gasteiger partial charge in [0, 0.05) is 11.6 Å². The van der Waals surface area contributed by atoms with Crippen molar-refractivity contribution in [1.29, 1.82) is 0 Å². The van der Waals surface area contributed by atoms with Gasteiger partial charge in [-0.2, -0.15) is 0 Å². The summed E-state index contributed by atoms with van der Waals surface area (Å²) in [6.07, 6.45) is 1.36. The lowest BCUT2D eigenvalue weighted by atomic mass is 9.82. The van der Waals surface area contributed by atoms with Crippen molar-refractivity contribution in [2.24, 2.45) is 5.92 Å². The van der Waals surface area contributed by atoms with Crippen molar-refractivity contribution in [3.05, 3.63) is 35.4 Å². The minimum atomic E-state index is -0.515. The summed E-state index contributed by atoms with van der Waals surface area (Å²) in [4.78, 5) is 0. The van der Waals surface area contributed by atoms with Gasteiger partial charge in [0.2, 0.25) is 0 Å². The lowest BCUT2D eigenvalue weighted by molar-refractivity contribution is 0.0419. The van der Waals surface area contributed by atoms with E-state index >= 15 is 0 Å². The Morgan fingerprint density at radius 1 is 1.35 bits per heavy atom. The van der Waals surface area contributed by atoms with E-state index in [1.165, 1.54) is 18.2 Å². The van der Waals surface area contributed by atoms with Crippen LogP contribution >= 0.6 is 0 Å². The average molecular weight is 241 g/mol. The molecule has 2 rings (SSSR count). The van der Waals surface area contributed by atoms with E-state index in [1.807, 2.05) is 0 Å². The standard InChI is InChI=1S/C13H17F2NO/c1-8(16-7-9-5-10(17)6-9)13-11(14)3-2-4-12(13)15/h2-4,8-10,16-17H,5-7H2,1H3. The molecule has 0 spiro atoms. The zero-order chi connectivity index (χ0) is 12.4. The van der Waals surface area contributed by atoms with Gasteiger partial charge in [-0.1, -0.05) is 6.07 Å². The molecular formula is C13H17F2NO.